The summed E-state index contributed by atoms with van der Waals surface area (Å²) in [5, 5.41) is 2.64. The summed E-state index contributed by atoms with van der Waals surface area (Å²) in [5.74, 6) is 0.419. The Morgan fingerprint density at radius 1 is 1.15 bits per heavy atom. The minimum Gasteiger partial charge on any atom is -0.492 e. The van der Waals surface area contributed by atoms with Crippen molar-refractivity contribution in [2.75, 3.05) is 6.61 Å². The van der Waals surface area contributed by atoms with E-state index in [1.165, 1.54) is 4.90 Å². The van der Waals surface area contributed by atoms with Gasteiger partial charge in [0.2, 0.25) is 0 Å². The fourth-order valence-corrected chi connectivity index (χ4v) is 3.09. The molecule has 0 bridgehead atoms. The number of urea groups is 1. The summed E-state index contributed by atoms with van der Waals surface area (Å²) in [4.78, 5) is 25.9. The van der Waals surface area contributed by atoms with Crippen LogP contribution in [0.25, 0.3) is 6.08 Å². The first-order valence-electron chi connectivity index (χ1n) is 8.39. The highest BCUT2D eigenvalue weighted by molar-refractivity contribution is 9.10. The molecule has 1 aliphatic heterocycles. The normalized spacial score (nSPS) is 15.5. The van der Waals surface area contributed by atoms with Gasteiger partial charge in [-0.05, 0) is 51.7 Å². The third-order valence-corrected chi connectivity index (χ3v) is 4.49. The number of halogens is 1. The maximum Gasteiger partial charge on any atom is 0.329 e. The van der Waals surface area contributed by atoms with Gasteiger partial charge in [-0.2, -0.15) is 0 Å². The molecular weight excluding hydrogens is 396 g/mol. The first-order chi connectivity index (χ1) is 12.6. The molecule has 0 unspecified atom stereocenters. The average molecular weight is 415 g/mol. The zero-order valence-electron chi connectivity index (χ0n) is 14.4. The second kappa shape index (κ2) is 8.19. The van der Waals surface area contributed by atoms with Crippen molar-refractivity contribution in [3.63, 3.8) is 0 Å². The molecule has 0 aromatic heterocycles. The smallest absolute Gasteiger partial charge is 0.329 e. The molecular formula is C20H19BrN2O3. The molecule has 134 valence electrons. The molecule has 1 fully saturated rings. The lowest BCUT2D eigenvalue weighted by Gasteiger charge is -2.11. The van der Waals surface area contributed by atoms with Crippen LogP contribution in [0, 0.1) is 0 Å². The van der Waals surface area contributed by atoms with Gasteiger partial charge in [-0.3, -0.25) is 9.69 Å². The maximum atomic E-state index is 12.6. The quantitative estimate of drug-likeness (QED) is 0.565. The first kappa shape index (κ1) is 18.2. The molecule has 5 nitrogen and oxygen atoms in total. The number of imide groups is 1. The molecule has 0 atom stereocenters. The van der Waals surface area contributed by atoms with E-state index in [-0.39, 0.29) is 18.1 Å². The minimum absolute atomic E-state index is 0.246. The zero-order valence-corrected chi connectivity index (χ0v) is 16.0. The SMILES string of the molecule is CCCOc1ccc(/C=C2\NC(=O)N(Cc3ccccc3)C2=O)cc1Br. The van der Waals surface area contributed by atoms with Crippen LogP contribution in [0.5, 0.6) is 5.75 Å². The van der Waals surface area contributed by atoms with Crippen LogP contribution < -0.4 is 10.1 Å². The number of nitrogens with zero attached hydrogens (tertiary/aromatic N) is 1. The van der Waals surface area contributed by atoms with Gasteiger partial charge in [0.25, 0.3) is 5.91 Å². The molecule has 1 aliphatic rings. The summed E-state index contributed by atoms with van der Waals surface area (Å²) in [6, 6.07) is 14.6. The fraction of sp³-hybridized carbons (Fsp3) is 0.200. The van der Waals surface area contributed by atoms with Gasteiger partial charge < -0.3 is 10.1 Å². The lowest BCUT2D eigenvalue weighted by atomic mass is 10.1. The standard InChI is InChI=1S/C20H19BrN2O3/c1-2-10-26-18-9-8-15(11-16(18)21)12-17-19(24)23(20(25)22-17)13-14-6-4-3-5-7-14/h3-9,11-12H,2,10,13H2,1H3,(H,22,25)/b17-12-. The van der Waals surface area contributed by atoms with Crippen molar-refractivity contribution in [3.8, 4) is 5.75 Å². The topological polar surface area (TPSA) is 58.6 Å². The molecule has 1 N–H and O–H groups in total. The molecule has 26 heavy (non-hydrogen) atoms. The summed E-state index contributed by atoms with van der Waals surface area (Å²) >= 11 is 3.47. The molecule has 3 amide bonds. The van der Waals surface area contributed by atoms with Gasteiger partial charge in [0.05, 0.1) is 17.6 Å². The van der Waals surface area contributed by atoms with Gasteiger partial charge in [-0.15, -0.1) is 0 Å². The van der Waals surface area contributed by atoms with Gasteiger partial charge in [0.15, 0.2) is 0 Å². The molecule has 0 radical (unpaired) electrons. The monoisotopic (exact) mass is 414 g/mol. The second-order valence-corrected chi connectivity index (χ2v) is 6.76. The van der Waals surface area contributed by atoms with Crippen molar-refractivity contribution in [3.05, 3.63) is 69.8 Å². The van der Waals surface area contributed by atoms with Crippen LogP contribution in [0.4, 0.5) is 4.79 Å². The molecule has 1 saturated heterocycles. The maximum absolute atomic E-state index is 12.6. The molecule has 6 heteroatoms. The van der Waals surface area contributed by atoms with Gasteiger partial charge in [-0.1, -0.05) is 43.3 Å². The summed E-state index contributed by atoms with van der Waals surface area (Å²) in [6.45, 7) is 2.93. The molecule has 0 saturated carbocycles. The Bertz CT molecular complexity index is 849. The third kappa shape index (κ3) is 4.14. The number of benzene rings is 2. The Balaban J connectivity index is 1.76. The average Bonchev–Trinajstić information content (AvgIpc) is 2.89. The van der Waals surface area contributed by atoms with Crippen molar-refractivity contribution in [2.24, 2.45) is 0 Å². The molecule has 0 spiro atoms. The van der Waals surface area contributed by atoms with E-state index in [1.807, 2.05) is 55.5 Å². The summed E-state index contributed by atoms with van der Waals surface area (Å²) in [7, 11) is 0. The number of ether oxygens (including phenoxy) is 1. The van der Waals surface area contributed by atoms with E-state index in [4.69, 9.17) is 4.74 Å². The predicted molar refractivity (Wildman–Crippen MR) is 103 cm³/mol. The summed E-state index contributed by atoms with van der Waals surface area (Å²) in [6.07, 6.45) is 2.59. The Morgan fingerprint density at radius 2 is 1.92 bits per heavy atom. The van der Waals surface area contributed by atoms with Crippen LogP contribution in [0.2, 0.25) is 0 Å². The Morgan fingerprint density at radius 3 is 2.62 bits per heavy atom. The third-order valence-electron chi connectivity index (χ3n) is 3.87. The molecule has 3 rings (SSSR count). The lowest BCUT2D eigenvalue weighted by Crippen LogP contribution is -2.30. The lowest BCUT2D eigenvalue weighted by molar-refractivity contribution is -0.123. The Kier molecular flexibility index (Phi) is 5.73. The van der Waals surface area contributed by atoms with Crippen molar-refractivity contribution in [1.29, 1.82) is 0 Å². The van der Waals surface area contributed by atoms with E-state index in [0.717, 1.165) is 27.8 Å². The van der Waals surface area contributed by atoms with Gasteiger partial charge in [-0.25, -0.2) is 4.79 Å². The van der Waals surface area contributed by atoms with Crippen molar-refractivity contribution < 1.29 is 14.3 Å². The van der Waals surface area contributed by atoms with Gasteiger partial charge in [0, 0.05) is 0 Å². The zero-order chi connectivity index (χ0) is 18.5. The van der Waals surface area contributed by atoms with Crippen LogP contribution in [-0.2, 0) is 11.3 Å². The van der Waals surface area contributed by atoms with Gasteiger partial charge in [0.1, 0.15) is 11.4 Å². The van der Waals surface area contributed by atoms with E-state index in [1.54, 1.807) is 6.08 Å². The summed E-state index contributed by atoms with van der Waals surface area (Å²) in [5.41, 5.74) is 1.96. The van der Waals surface area contributed by atoms with Crippen molar-refractivity contribution in [1.82, 2.24) is 10.2 Å². The van der Waals surface area contributed by atoms with Crippen LogP contribution in [0.1, 0.15) is 24.5 Å². The number of hydrogen-bond acceptors (Lipinski definition) is 3. The second-order valence-electron chi connectivity index (χ2n) is 5.90. The fourth-order valence-electron chi connectivity index (χ4n) is 2.58. The minimum atomic E-state index is -0.410. The van der Waals surface area contributed by atoms with E-state index < -0.39 is 6.03 Å². The highest BCUT2D eigenvalue weighted by Crippen LogP contribution is 2.27. The van der Waals surface area contributed by atoms with E-state index in [9.17, 15) is 9.59 Å². The highest BCUT2D eigenvalue weighted by atomic mass is 79.9. The van der Waals surface area contributed by atoms with Crippen LogP contribution in [-0.4, -0.2) is 23.4 Å². The number of carbonyl (C=O) groups excluding carboxylic acids is 2. The highest BCUT2D eigenvalue weighted by Gasteiger charge is 2.33. The first-order valence-corrected chi connectivity index (χ1v) is 9.18. The number of amides is 3. The van der Waals surface area contributed by atoms with Gasteiger partial charge >= 0.3 is 6.03 Å². The predicted octanol–water partition coefficient (Wildman–Crippen LogP) is 4.33. The number of nitrogens with one attached hydrogen (secondary N) is 1. The van der Waals surface area contributed by atoms with E-state index in [0.29, 0.717) is 6.61 Å². The molecule has 0 aliphatic carbocycles. The summed E-state index contributed by atoms with van der Waals surface area (Å²) < 4.78 is 6.42. The van der Waals surface area contributed by atoms with Crippen LogP contribution in [0.3, 0.4) is 0 Å². The van der Waals surface area contributed by atoms with E-state index >= 15 is 0 Å². The number of hydrogen-bond donors (Lipinski definition) is 1. The molecule has 2 aromatic rings. The Hall–Kier alpha value is -2.60. The van der Waals surface area contributed by atoms with Crippen molar-refractivity contribution in [2.45, 2.75) is 19.9 Å². The molecule has 1 heterocycles. The molecule has 2 aromatic carbocycles. The largest absolute Gasteiger partial charge is 0.492 e. The van der Waals surface area contributed by atoms with Crippen LogP contribution in [0.15, 0.2) is 58.7 Å². The van der Waals surface area contributed by atoms with Crippen molar-refractivity contribution >= 4 is 33.9 Å². The van der Waals surface area contributed by atoms with E-state index in [2.05, 4.69) is 21.2 Å². The number of carbonyl (C=O) groups is 2. The number of rotatable bonds is 6. The Labute approximate surface area is 160 Å². The van der Waals surface area contributed by atoms with Crippen LogP contribution >= 0.6 is 15.9 Å².